The molecule has 1 amide bonds. The van der Waals surface area contributed by atoms with Crippen LogP contribution in [0.5, 0.6) is 0 Å². The lowest BCUT2D eigenvalue weighted by Gasteiger charge is -2.16. The van der Waals surface area contributed by atoms with Crippen molar-refractivity contribution in [3.63, 3.8) is 0 Å². The Morgan fingerprint density at radius 2 is 1.64 bits per heavy atom. The van der Waals surface area contributed by atoms with E-state index in [1.165, 1.54) is 67.6 Å². The van der Waals surface area contributed by atoms with Crippen LogP contribution >= 0.6 is 11.6 Å². The number of amides is 1. The number of carbonyl (C=O) groups is 1. The van der Waals surface area contributed by atoms with E-state index in [0.717, 1.165) is 0 Å². The van der Waals surface area contributed by atoms with E-state index < -0.39 is 33.8 Å². The number of nitrogens with one attached hydrogen (secondary N) is 1. The molecule has 0 saturated carbocycles. The van der Waals surface area contributed by atoms with Crippen molar-refractivity contribution >= 4 is 27.3 Å². The van der Waals surface area contributed by atoms with Crippen molar-refractivity contribution < 1.29 is 30.8 Å². The second-order valence-corrected chi connectivity index (χ2v) is 9.64. The van der Waals surface area contributed by atoms with Gasteiger partial charge in [-0.1, -0.05) is 41.9 Å². The lowest BCUT2D eigenvalue weighted by Crippen LogP contribution is -2.38. The van der Waals surface area contributed by atoms with Crippen LogP contribution in [0.1, 0.15) is 29.7 Å². The first kappa shape index (κ1) is 24.7. The van der Waals surface area contributed by atoms with E-state index in [9.17, 15) is 30.8 Å². The van der Waals surface area contributed by atoms with Crippen LogP contribution in [0, 0.1) is 5.82 Å². The molecule has 1 N–H and O–H groups in total. The fourth-order valence-electron chi connectivity index (χ4n) is 3.22. The van der Waals surface area contributed by atoms with Gasteiger partial charge >= 0.3 is 12.1 Å². The molecule has 0 spiro atoms. The van der Waals surface area contributed by atoms with Gasteiger partial charge in [0.2, 0.25) is 9.84 Å². The van der Waals surface area contributed by atoms with E-state index in [4.69, 9.17) is 11.6 Å². The summed E-state index contributed by atoms with van der Waals surface area (Å²) in [7, 11) is -4.06. The van der Waals surface area contributed by atoms with Gasteiger partial charge in [0.1, 0.15) is 5.82 Å². The van der Waals surface area contributed by atoms with Crippen LogP contribution in [0.3, 0.4) is 0 Å². The summed E-state index contributed by atoms with van der Waals surface area (Å²) >= 11 is 6.04. The first-order valence-corrected chi connectivity index (χ1v) is 11.5. The molecule has 1 atom stereocenters. The van der Waals surface area contributed by atoms with Crippen LogP contribution in [0.4, 0.5) is 17.6 Å². The Morgan fingerprint density at radius 1 is 1.00 bits per heavy atom. The summed E-state index contributed by atoms with van der Waals surface area (Å²) in [6, 6.07) is 14.3. The first-order valence-electron chi connectivity index (χ1n) is 9.64. The number of hydrogen-bond donors (Lipinski definition) is 1. The van der Waals surface area contributed by atoms with Gasteiger partial charge in [0.05, 0.1) is 15.8 Å². The molecule has 0 aliphatic heterocycles. The average Bonchev–Trinajstić information content (AvgIpc) is 2.74. The molecule has 10 heteroatoms. The first-order chi connectivity index (χ1) is 15.4. The minimum absolute atomic E-state index is 0.0135. The molecular formula is C23H18ClF4NO3S. The molecule has 0 aromatic heterocycles. The van der Waals surface area contributed by atoms with Gasteiger partial charge in [-0.05, 0) is 60.0 Å². The monoisotopic (exact) mass is 499 g/mol. The second-order valence-electron chi connectivity index (χ2n) is 7.29. The van der Waals surface area contributed by atoms with Crippen LogP contribution in [0.15, 0.2) is 76.5 Å². The van der Waals surface area contributed by atoms with Gasteiger partial charge in [0.15, 0.2) is 0 Å². The third-order valence-corrected chi connectivity index (χ3v) is 7.05. The topological polar surface area (TPSA) is 63.2 Å². The molecule has 33 heavy (non-hydrogen) atoms. The molecular weight excluding hydrogens is 482 g/mol. The third kappa shape index (κ3) is 5.72. The van der Waals surface area contributed by atoms with Crippen LogP contribution in [0.25, 0.3) is 0 Å². The maximum atomic E-state index is 14.1. The summed E-state index contributed by atoms with van der Waals surface area (Å²) < 4.78 is 78.1. The quantitative estimate of drug-likeness (QED) is 0.446. The molecule has 0 bridgehead atoms. The number of carbonyl (C=O) groups excluding carboxylic acids is 1. The minimum Gasteiger partial charge on any atom is -0.342 e. The highest BCUT2D eigenvalue weighted by Gasteiger charge is 2.39. The fourth-order valence-corrected chi connectivity index (χ4v) is 4.89. The summed E-state index contributed by atoms with van der Waals surface area (Å²) in [4.78, 5) is 10.9. The van der Waals surface area contributed by atoms with Crippen molar-refractivity contribution in [2.75, 3.05) is 0 Å². The molecule has 0 heterocycles. The Labute approximate surface area is 193 Å². The zero-order chi connectivity index (χ0) is 24.4. The van der Waals surface area contributed by atoms with Gasteiger partial charge in [-0.2, -0.15) is 13.2 Å². The van der Waals surface area contributed by atoms with E-state index in [1.807, 2.05) is 5.32 Å². The highest BCUT2D eigenvalue weighted by Crippen LogP contribution is 2.30. The summed E-state index contributed by atoms with van der Waals surface area (Å²) in [5.41, 5.74) is 0.873. The predicted octanol–water partition coefficient (Wildman–Crippen LogP) is 5.64. The predicted molar refractivity (Wildman–Crippen MR) is 115 cm³/mol. The van der Waals surface area contributed by atoms with Crippen molar-refractivity contribution in [1.82, 2.24) is 5.32 Å². The molecule has 174 valence electrons. The number of benzene rings is 3. The standard InChI is InChI=1S/C23H18ClF4NO3S/c1-14(29-22(30)23(26,27)28)15-6-9-19(10-7-15)33(31,32)21-11-8-18(24)13-17(21)12-16-4-2-3-5-20(16)25/h2-11,13-14H,12H2,1H3,(H,29,30)/t14-/m0/s1. The number of hydrogen-bond acceptors (Lipinski definition) is 3. The van der Waals surface area contributed by atoms with Gasteiger partial charge in [0.25, 0.3) is 0 Å². The Bertz CT molecular complexity index is 1280. The molecule has 3 rings (SSSR count). The maximum Gasteiger partial charge on any atom is 0.471 e. The lowest BCUT2D eigenvalue weighted by atomic mass is 10.0. The molecule has 0 aliphatic rings. The largest absolute Gasteiger partial charge is 0.471 e. The van der Waals surface area contributed by atoms with Crippen LogP contribution in [-0.4, -0.2) is 20.5 Å². The van der Waals surface area contributed by atoms with E-state index in [2.05, 4.69) is 0 Å². The fraction of sp³-hybridized carbons (Fsp3) is 0.174. The van der Waals surface area contributed by atoms with Gasteiger partial charge in [0, 0.05) is 11.4 Å². The van der Waals surface area contributed by atoms with Gasteiger partial charge in [-0.15, -0.1) is 0 Å². The molecule has 3 aromatic carbocycles. The van der Waals surface area contributed by atoms with Crippen molar-refractivity contribution in [3.8, 4) is 0 Å². The molecule has 3 aromatic rings. The smallest absolute Gasteiger partial charge is 0.342 e. The molecule has 0 fully saturated rings. The molecule has 4 nitrogen and oxygen atoms in total. The molecule has 0 radical (unpaired) electrons. The average molecular weight is 500 g/mol. The Morgan fingerprint density at radius 3 is 2.24 bits per heavy atom. The van der Waals surface area contributed by atoms with Crippen molar-refractivity contribution in [2.24, 2.45) is 0 Å². The zero-order valence-electron chi connectivity index (χ0n) is 17.2. The van der Waals surface area contributed by atoms with E-state index in [1.54, 1.807) is 6.07 Å². The summed E-state index contributed by atoms with van der Waals surface area (Å²) in [5.74, 6) is -2.58. The van der Waals surface area contributed by atoms with Gasteiger partial charge in [-0.3, -0.25) is 4.79 Å². The Kier molecular flexibility index (Phi) is 7.14. The van der Waals surface area contributed by atoms with E-state index >= 15 is 0 Å². The Balaban J connectivity index is 1.92. The maximum absolute atomic E-state index is 14.1. The zero-order valence-corrected chi connectivity index (χ0v) is 18.7. The second kappa shape index (κ2) is 9.52. The minimum atomic E-state index is -5.03. The number of alkyl halides is 3. The molecule has 0 aliphatic carbocycles. The van der Waals surface area contributed by atoms with Crippen LogP contribution in [0.2, 0.25) is 5.02 Å². The summed E-state index contributed by atoms with van der Waals surface area (Å²) in [6.07, 6.45) is -5.04. The highest BCUT2D eigenvalue weighted by atomic mass is 35.5. The number of sulfone groups is 1. The van der Waals surface area contributed by atoms with Crippen molar-refractivity contribution in [1.29, 1.82) is 0 Å². The third-order valence-electron chi connectivity index (χ3n) is 4.95. The summed E-state index contributed by atoms with van der Waals surface area (Å²) in [6.45, 7) is 1.35. The lowest BCUT2D eigenvalue weighted by molar-refractivity contribution is -0.174. The number of rotatable bonds is 6. The number of halogens is 5. The van der Waals surface area contributed by atoms with Crippen molar-refractivity contribution in [2.45, 2.75) is 35.4 Å². The van der Waals surface area contributed by atoms with E-state index in [-0.39, 0.29) is 26.8 Å². The SMILES string of the molecule is C[C@H](NC(=O)C(F)(F)F)c1ccc(S(=O)(=O)c2ccc(Cl)cc2Cc2ccccc2F)cc1. The van der Waals surface area contributed by atoms with Gasteiger partial charge in [-0.25, -0.2) is 12.8 Å². The highest BCUT2D eigenvalue weighted by molar-refractivity contribution is 7.91. The summed E-state index contributed by atoms with van der Waals surface area (Å²) in [5, 5.41) is 2.09. The Hall–Kier alpha value is -2.91. The van der Waals surface area contributed by atoms with Crippen LogP contribution < -0.4 is 5.32 Å². The van der Waals surface area contributed by atoms with Gasteiger partial charge < -0.3 is 5.32 Å². The van der Waals surface area contributed by atoms with Crippen LogP contribution in [-0.2, 0) is 21.1 Å². The normalized spacial score (nSPS) is 12.9. The van der Waals surface area contributed by atoms with E-state index in [0.29, 0.717) is 11.1 Å². The van der Waals surface area contributed by atoms with Crippen molar-refractivity contribution in [3.05, 3.63) is 94.3 Å². The molecule has 0 saturated heterocycles. The molecule has 0 unspecified atom stereocenters.